The summed E-state index contributed by atoms with van der Waals surface area (Å²) < 4.78 is 0. The van der Waals surface area contributed by atoms with Gasteiger partial charge in [-0.1, -0.05) is 31.9 Å². The van der Waals surface area contributed by atoms with Crippen LogP contribution in [0.25, 0.3) is 0 Å². The maximum absolute atomic E-state index is 4.34. The highest BCUT2D eigenvalue weighted by molar-refractivity contribution is 7.80. The number of rotatable bonds is 3. The van der Waals surface area contributed by atoms with E-state index >= 15 is 0 Å². The number of thiol groups is 1. The molecule has 1 aliphatic rings. The van der Waals surface area contributed by atoms with E-state index in [2.05, 4.69) is 43.8 Å². The van der Waals surface area contributed by atoms with E-state index in [1.54, 1.807) is 0 Å². The summed E-state index contributed by atoms with van der Waals surface area (Å²) in [6, 6.07) is 8.76. The molecule has 0 amide bonds. The van der Waals surface area contributed by atoms with Crippen molar-refractivity contribution < 1.29 is 0 Å². The van der Waals surface area contributed by atoms with Crippen molar-refractivity contribution in [1.29, 1.82) is 0 Å². The van der Waals surface area contributed by atoms with Crippen molar-refractivity contribution in [3.63, 3.8) is 0 Å². The summed E-state index contributed by atoms with van der Waals surface area (Å²) in [5, 5.41) is 0. The predicted octanol–water partition coefficient (Wildman–Crippen LogP) is 5.05. The maximum Gasteiger partial charge on any atom is 0.00401 e. The molecular formula is C15H22S. The fraction of sp³-hybridized carbons (Fsp3) is 0.600. The van der Waals surface area contributed by atoms with Crippen molar-refractivity contribution >= 4 is 12.6 Å². The third kappa shape index (κ3) is 3.04. The Hall–Kier alpha value is -0.430. The lowest BCUT2D eigenvalue weighted by atomic mass is 9.77. The van der Waals surface area contributed by atoms with Gasteiger partial charge < -0.3 is 0 Å². The largest absolute Gasteiger partial charge is 0.143 e. The molecular weight excluding hydrogens is 212 g/mol. The number of hydrogen-bond acceptors (Lipinski definition) is 1. The van der Waals surface area contributed by atoms with Gasteiger partial charge in [-0.2, -0.15) is 0 Å². The second kappa shape index (κ2) is 5.77. The lowest BCUT2D eigenvalue weighted by Gasteiger charge is -2.28. The molecule has 1 aromatic carbocycles. The summed E-state index contributed by atoms with van der Waals surface area (Å²) in [7, 11) is 0. The van der Waals surface area contributed by atoms with E-state index in [9.17, 15) is 0 Å². The summed E-state index contributed by atoms with van der Waals surface area (Å²) in [6.07, 6.45) is 8.42. The van der Waals surface area contributed by atoms with E-state index in [-0.39, 0.29) is 0 Å². The SMILES string of the molecule is CCCC1CCC(c2ccc(S)cc2)CC1. The molecule has 0 radical (unpaired) electrons. The van der Waals surface area contributed by atoms with E-state index in [0.29, 0.717) is 0 Å². The molecule has 0 nitrogen and oxygen atoms in total. The fourth-order valence-electron chi connectivity index (χ4n) is 2.94. The topological polar surface area (TPSA) is 0 Å². The van der Waals surface area contributed by atoms with E-state index in [4.69, 9.17) is 0 Å². The van der Waals surface area contributed by atoms with Gasteiger partial charge in [-0.05, 0) is 55.2 Å². The highest BCUT2D eigenvalue weighted by atomic mass is 32.1. The third-order valence-electron chi connectivity index (χ3n) is 3.91. The van der Waals surface area contributed by atoms with Crippen LogP contribution in [0.4, 0.5) is 0 Å². The summed E-state index contributed by atoms with van der Waals surface area (Å²) in [5.74, 6) is 1.81. The quantitative estimate of drug-likeness (QED) is 0.695. The van der Waals surface area contributed by atoms with Crippen LogP contribution in [0, 0.1) is 5.92 Å². The first-order chi connectivity index (χ1) is 7.79. The monoisotopic (exact) mass is 234 g/mol. The maximum atomic E-state index is 4.34. The molecule has 0 atom stereocenters. The zero-order valence-corrected chi connectivity index (χ0v) is 11.0. The molecule has 1 saturated carbocycles. The Morgan fingerprint density at radius 1 is 1.06 bits per heavy atom. The summed E-state index contributed by atoms with van der Waals surface area (Å²) in [6.45, 7) is 2.30. The Morgan fingerprint density at radius 2 is 1.69 bits per heavy atom. The van der Waals surface area contributed by atoms with Crippen LogP contribution in [0.2, 0.25) is 0 Å². The van der Waals surface area contributed by atoms with Crippen molar-refractivity contribution in [3.05, 3.63) is 29.8 Å². The van der Waals surface area contributed by atoms with Crippen LogP contribution in [-0.4, -0.2) is 0 Å². The Kier molecular flexibility index (Phi) is 4.34. The van der Waals surface area contributed by atoms with Gasteiger partial charge in [-0.3, -0.25) is 0 Å². The molecule has 0 heterocycles. The van der Waals surface area contributed by atoms with Crippen LogP contribution in [-0.2, 0) is 0 Å². The number of benzene rings is 1. The van der Waals surface area contributed by atoms with E-state index in [1.807, 2.05) is 0 Å². The van der Waals surface area contributed by atoms with E-state index < -0.39 is 0 Å². The molecule has 1 aliphatic carbocycles. The molecule has 1 heteroatoms. The minimum absolute atomic E-state index is 0.807. The molecule has 0 N–H and O–H groups in total. The van der Waals surface area contributed by atoms with Gasteiger partial charge in [0.05, 0.1) is 0 Å². The van der Waals surface area contributed by atoms with Gasteiger partial charge in [0.15, 0.2) is 0 Å². The van der Waals surface area contributed by atoms with Crippen LogP contribution in [0.5, 0.6) is 0 Å². The molecule has 88 valence electrons. The molecule has 16 heavy (non-hydrogen) atoms. The van der Waals surface area contributed by atoms with Gasteiger partial charge in [0, 0.05) is 4.90 Å². The second-order valence-corrected chi connectivity index (χ2v) is 5.61. The summed E-state index contributed by atoms with van der Waals surface area (Å²) in [4.78, 5) is 1.07. The molecule has 1 fully saturated rings. The van der Waals surface area contributed by atoms with Gasteiger partial charge in [0.1, 0.15) is 0 Å². The van der Waals surface area contributed by atoms with Crippen molar-refractivity contribution in [2.45, 2.75) is 56.3 Å². The minimum Gasteiger partial charge on any atom is -0.143 e. The molecule has 0 bridgehead atoms. The average Bonchev–Trinajstić information content (AvgIpc) is 2.32. The van der Waals surface area contributed by atoms with Gasteiger partial charge in [0.25, 0.3) is 0 Å². The molecule has 1 aromatic rings. The zero-order valence-electron chi connectivity index (χ0n) is 10.2. The average molecular weight is 234 g/mol. The van der Waals surface area contributed by atoms with Crippen LogP contribution >= 0.6 is 12.6 Å². The van der Waals surface area contributed by atoms with Crippen LogP contribution in [0.1, 0.15) is 56.9 Å². The van der Waals surface area contributed by atoms with E-state index in [1.165, 1.54) is 44.1 Å². The fourth-order valence-corrected chi connectivity index (χ4v) is 3.09. The van der Waals surface area contributed by atoms with Gasteiger partial charge in [0.2, 0.25) is 0 Å². The highest BCUT2D eigenvalue weighted by Gasteiger charge is 2.21. The van der Waals surface area contributed by atoms with Gasteiger partial charge in [-0.15, -0.1) is 12.6 Å². The van der Waals surface area contributed by atoms with Crippen LogP contribution < -0.4 is 0 Å². The molecule has 0 saturated heterocycles. The molecule has 0 aliphatic heterocycles. The Balaban J connectivity index is 1.91. The Labute approximate surface area is 105 Å². The third-order valence-corrected chi connectivity index (χ3v) is 4.21. The zero-order chi connectivity index (χ0) is 11.4. The normalized spacial score (nSPS) is 25.6. The smallest absolute Gasteiger partial charge is 0.00401 e. The summed E-state index contributed by atoms with van der Waals surface area (Å²) in [5.41, 5.74) is 1.52. The molecule has 0 spiro atoms. The van der Waals surface area contributed by atoms with Crippen molar-refractivity contribution in [3.8, 4) is 0 Å². The Bertz CT molecular complexity index is 307. The van der Waals surface area contributed by atoms with Gasteiger partial charge >= 0.3 is 0 Å². The molecule has 0 aromatic heterocycles. The minimum atomic E-state index is 0.807. The standard InChI is InChI=1S/C15H22S/c1-2-3-12-4-6-13(7-5-12)14-8-10-15(16)11-9-14/h8-13,16H,2-7H2,1H3. The number of hydrogen-bond donors (Lipinski definition) is 1. The lowest BCUT2D eigenvalue weighted by molar-refractivity contribution is 0.308. The van der Waals surface area contributed by atoms with Gasteiger partial charge in [-0.25, -0.2) is 0 Å². The highest BCUT2D eigenvalue weighted by Crippen LogP contribution is 2.37. The Morgan fingerprint density at radius 3 is 2.25 bits per heavy atom. The first-order valence-electron chi connectivity index (χ1n) is 6.58. The van der Waals surface area contributed by atoms with Crippen molar-refractivity contribution in [1.82, 2.24) is 0 Å². The molecule has 2 rings (SSSR count). The van der Waals surface area contributed by atoms with E-state index in [0.717, 1.165) is 16.7 Å². The first-order valence-corrected chi connectivity index (χ1v) is 7.03. The van der Waals surface area contributed by atoms with Crippen molar-refractivity contribution in [2.24, 2.45) is 5.92 Å². The lowest BCUT2D eigenvalue weighted by Crippen LogP contribution is -2.13. The second-order valence-electron chi connectivity index (χ2n) is 5.10. The van der Waals surface area contributed by atoms with Crippen LogP contribution in [0.15, 0.2) is 29.2 Å². The molecule has 0 unspecified atom stereocenters. The first kappa shape index (κ1) is 12.0. The van der Waals surface area contributed by atoms with Crippen LogP contribution in [0.3, 0.4) is 0 Å². The summed E-state index contributed by atoms with van der Waals surface area (Å²) >= 11 is 4.34. The van der Waals surface area contributed by atoms with Crippen molar-refractivity contribution in [2.75, 3.05) is 0 Å². The predicted molar refractivity (Wildman–Crippen MR) is 73.3 cm³/mol.